The van der Waals surface area contributed by atoms with Crippen LogP contribution in [0.15, 0.2) is 42.5 Å². The summed E-state index contributed by atoms with van der Waals surface area (Å²) in [5.74, 6) is -0.605. The molecule has 1 amide bonds. The highest BCUT2D eigenvalue weighted by Crippen LogP contribution is 2.20. The number of nitrogens with one attached hydrogen (secondary N) is 1. The predicted molar refractivity (Wildman–Crippen MR) is 108 cm³/mol. The number of hydrogen-bond acceptors (Lipinski definition) is 4. The summed E-state index contributed by atoms with van der Waals surface area (Å²) in [5, 5.41) is 0. The Hall–Kier alpha value is -2.61. The van der Waals surface area contributed by atoms with Crippen LogP contribution in [-0.4, -0.2) is 38.6 Å². The molecule has 6 nitrogen and oxygen atoms in total. The summed E-state index contributed by atoms with van der Waals surface area (Å²) in [6, 6.07) is 10.9. The fraction of sp³-hybridized carbons (Fsp3) is 0.350. The van der Waals surface area contributed by atoms with Gasteiger partial charge >= 0.3 is 0 Å². The Bertz CT molecular complexity index is 932. The van der Waals surface area contributed by atoms with Crippen LogP contribution in [0.5, 0.6) is 5.75 Å². The van der Waals surface area contributed by atoms with E-state index in [1.54, 1.807) is 36.1 Å². The fourth-order valence-electron chi connectivity index (χ4n) is 2.75. The van der Waals surface area contributed by atoms with Gasteiger partial charge in [-0.25, -0.2) is 12.8 Å². The molecule has 8 heteroatoms. The zero-order valence-corrected chi connectivity index (χ0v) is 17.1. The van der Waals surface area contributed by atoms with Crippen molar-refractivity contribution in [2.24, 2.45) is 0 Å². The zero-order chi connectivity index (χ0) is 20.7. The van der Waals surface area contributed by atoms with Crippen molar-refractivity contribution in [3.05, 3.63) is 59.4 Å². The molecule has 0 bridgehead atoms. The van der Waals surface area contributed by atoms with E-state index in [0.717, 1.165) is 0 Å². The van der Waals surface area contributed by atoms with Crippen molar-refractivity contribution in [2.75, 3.05) is 24.1 Å². The van der Waals surface area contributed by atoms with E-state index in [1.807, 2.05) is 6.92 Å². The monoisotopic (exact) mass is 408 g/mol. The Morgan fingerprint density at radius 3 is 2.54 bits per heavy atom. The van der Waals surface area contributed by atoms with E-state index >= 15 is 0 Å². The minimum absolute atomic E-state index is 0.00922. The van der Waals surface area contributed by atoms with Crippen LogP contribution in [0.1, 0.15) is 36.2 Å². The van der Waals surface area contributed by atoms with Crippen LogP contribution in [0.3, 0.4) is 0 Å². The molecule has 0 heterocycles. The van der Waals surface area contributed by atoms with E-state index in [2.05, 4.69) is 4.72 Å². The maximum absolute atomic E-state index is 13.9. The number of rotatable bonds is 9. The van der Waals surface area contributed by atoms with E-state index in [9.17, 15) is 17.6 Å². The molecular formula is C20H25FN2O4S. The lowest BCUT2D eigenvalue weighted by atomic mass is 10.1. The summed E-state index contributed by atoms with van der Waals surface area (Å²) >= 11 is 0. The molecule has 0 aliphatic carbocycles. The van der Waals surface area contributed by atoms with Gasteiger partial charge in [-0.1, -0.05) is 19.1 Å². The number of carbonyl (C=O) groups excluding carboxylic acids is 1. The minimum atomic E-state index is -3.44. The quantitative estimate of drug-likeness (QED) is 0.687. The molecule has 0 atom stereocenters. The largest absolute Gasteiger partial charge is 0.494 e. The number of ether oxygens (including phenoxy) is 1. The van der Waals surface area contributed by atoms with Crippen LogP contribution in [0.25, 0.3) is 0 Å². The molecule has 0 fully saturated rings. The molecule has 0 aliphatic heterocycles. The molecular weight excluding hydrogens is 383 g/mol. The molecule has 0 saturated heterocycles. The van der Waals surface area contributed by atoms with Crippen LogP contribution in [0, 0.1) is 5.82 Å². The lowest BCUT2D eigenvalue weighted by Gasteiger charge is -2.22. The Labute approximate surface area is 165 Å². The van der Waals surface area contributed by atoms with Crippen molar-refractivity contribution in [3.63, 3.8) is 0 Å². The van der Waals surface area contributed by atoms with Crippen molar-refractivity contribution in [3.8, 4) is 5.75 Å². The van der Waals surface area contributed by atoms with Crippen LogP contribution in [-0.2, 0) is 16.6 Å². The predicted octanol–water partition coefficient (Wildman–Crippen LogP) is 3.65. The topological polar surface area (TPSA) is 75.7 Å². The third-order valence-corrected chi connectivity index (χ3v) is 5.61. The smallest absolute Gasteiger partial charge is 0.254 e. The first-order chi connectivity index (χ1) is 13.3. The van der Waals surface area contributed by atoms with Gasteiger partial charge in [0.25, 0.3) is 5.91 Å². The van der Waals surface area contributed by atoms with Gasteiger partial charge in [0, 0.05) is 24.3 Å². The number of halogens is 1. The van der Waals surface area contributed by atoms with Gasteiger partial charge < -0.3 is 9.64 Å². The second kappa shape index (κ2) is 9.54. The van der Waals surface area contributed by atoms with E-state index in [4.69, 9.17) is 4.74 Å². The maximum atomic E-state index is 13.9. The number of benzene rings is 2. The van der Waals surface area contributed by atoms with Crippen LogP contribution >= 0.6 is 0 Å². The highest BCUT2D eigenvalue weighted by atomic mass is 32.2. The standard InChI is InChI=1S/C20H25FN2O4S/c1-4-11-28(25,26)22-17-8-6-7-16(13-17)20(24)23(5-2)14-15-9-10-19(27-3)18(21)12-15/h6-10,12-13,22H,4-5,11,14H2,1-3H3. The van der Waals surface area contributed by atoms with E-state index in [-0.39, 0.29) is 24.0 Å². The van der Waals surface area contributed by atoms with Crippen molar-refractivity contribution < 1.29 is 22.3 Å². The molecule has 2 aromatic carbocycles. The van der Waals surface area contributed by atoms with Gasteiger partial charge in [0.15, 0.2) is 11.6 Å². The first-order valence-corrected chi connectivity index (χ1v) is 10.7. The normalized spacial score (nSPS) is 11.1. The SMILES string of the molecule is CCCS(=O)(=O)Nc1cccc(C(=O)N(CC)Cc2ccc(OC)c(F)c2)c1. The first kappa shape index (κ1) is 21.7. The summed E-state index contributed by atoms with van der Waals surface area (Å²) in [5.41, 5.74) is 1.33. The number of methoxy groups -OCH3 is 1. The summed E-state index contributed by atoms with van der Waals surface area (Å²) in [6.07, 6.45) is 0.496. The lowest BCUT2D eigenvalue weighted by molar-refractivity contribution is 0.0752. The molecule has 0 saturated carbocycles. The number of hydrogen-bond donors (Lipinski definition) is 1. The fourth-order valence-corrected chi connectivity index (χ4v) is 3.88. The first-order valence-electron chi connectivity index (χ1n) is 9.01. The summed E-state index contributed by atoms with van der Waals surface area (Å²) in [4.78, 5) is 14.4. The van der Waals surface area contributed by atoms with Crippen molar-refractivity contribution in [1.29, 1.82) is 0 Å². The Morgan fingerprint density at radius 1 is 1.18 bits per heavy atom. The van der Waals surface area contributed by atoms with E-state index in [0.29, 0.717) is 29.8 Å². The van der Waals surface area contributed by atoms with Crippen molar-refractivity contribution in [2.45, 2.75) is 26.8 Å². The van der Waals surface area contributed by atoms with Gasteiger partial charge in [-0.2, -0.15) is 0 Å². The molecule has 28 heavy (non-hydrogen) atoms. The third kappa shape index (κ3) is 5.69. The molecule has 0 spiro atoms. The molecule has 2 rings (SSSR count). The second-order valence-electron chi connectivity index (χ2n) is 6.29. The average molecular weight is 408 g/mol. The Kier molecular flexibility index (Phi) is 7.39. The molecule has 0 unspecified atom stereocenters. The number of amides is 1. The van der Waals surface area contributed by atoms with E-state index < -0.39 is 15.8 Å². The Morgan fingerprint density at radius 2 is 1.93 bits per heavy atom. The summed E-state index contributed by atoms with van der Waals surface area (Å²) in [7, 11) is -2.05. The maximum Gasteiger partial charge on any atom is 0.254 e. The Balaban J connectivity index is 2.18. The molecule has 1 N–H and O–H groups in total. The van der Waals surface area contributed by atoms with Crippen LogP contribution in [0.2, 0.25) is 0 Å². The average Bonchev–Trinajstić information content (AvgIpc) is 2.65. The van der Waals surface area contributed by atoms with Crippen LogP contribution in [0.4, 0.5) is 10.1 Å². The van der Waals surface area contributed by atoms with Gasteiger partial charge in [-0.15, -0.1) is 0 Å². The molecule has 0 aromatic heterocycles. The molecule has 2 aromatic rings. The summed E-state index contributed by atoms with van der Waals surface area (Å²) < 4.78 is 45.2. The van der Waals surface area contributed by atoms with Gasteiger partial charge in [-0.05, 0) is 49.2 Å². The molecule has 0 aliphatic rings. The van der Waals surface area contributed by atoms with E-state index in [1.165, 1.54) is 25.3 Å². The minimum Gasteiger partial charge on any atom is -0.494 e. The second-order valence-corrected chi connectivity index (χ2v) is 8.13. The lowest BCUT2D eigenvalue weighted by Crippen LogP contribution is -2.30. The molecule has 152 valence electrons. The summed E-state index contributed by atoms with van der Waals surface area (Å²) in [6.45, 7) is 4.24. The van der Waals surface area contributed by atoms with Crippen molar-refractivity contribution >= 4 is 21.6 Å². The number of carbonyl (C=O) groups is 1. The van der Waals surface area contributed by atoms with Gasteiger partial charge in [0.1, 0.15) is 0 Å². The highest BCUT2D eigenvalue weighted by molar-refractivity contribution is 7.92. The zero-order valence-electron chi connectivity index (χ0n) is 16.2. The van der Waals surface area contributed by atoms with Crippen molar-refractivity contribution in [1.82, 2.24) is 4.90 Å². The van der Waals surface area contributed by atoms with Crippen LogP contribution < -0.4 is 9.46 Å². The number of nitrogens with zero attached hydrogens (tertiary/aromatic N) is 1. The highest BCUT2D eigenvalue weighted by Gasteiger charge is 2.17. The third-order valence-electron chi connectivity index (χ3n) is 4.11. The van der Waals surface area contributed by atoms with Gasteiger partial charge in [0.05, 0.1) is 12.9 Å². The number of anilines is 1. The van der Waals surface area contributed by atoms with Gasteiger partial charge in [0.2, 0.25) is 10.0 Å². The molecule has 0 radical (unpaired) electrons. The number of sulfonamides is 1. The van der Waals surface area contributed by atoms with Gasteiger partial charge in [-0.3, -0.25) is 9.52 Å².